The number of carboxylic acids is 1. The Bertz CT molecular complexity index is 555. The number of halogens is 1. The van der Waals surface area contributed by atoms with E-state index in [1.807, 2.05) is 38.1 Å². The number of allylic oxidation sites excluding steroid dienone is 1. The number of aliphatic carboxylic acids is 1. The molecule has 0 amide bonds. The maximum atomic E-state index is 11.2. The van der Waals surface area contributed by atoms with Gasteiger partial charge in [-0.2, -0.15) is 0 Å². The van der Waals surface area contributed by atoms with Crippen molar-refractivity contribution < 1.29 is 19.4 Å². The zero-order valence-electron chi connectivity index (χ0n) is 12.0. The molecule has 21 heavy (non-hydrogen) atoms. The van der Waals surface area contributed by atoms with Gasteiger partial charge in [0.05, 0.1) is 12.3 Å². The summed E-state index contributed by atoms with van der Waals surface area (Å²) in [6, 6.07) is 7.48. The molecule has 1 aliphatic rings. The molecule has 1 heterocycles. The number of benzene rings is 1. The summed E-state index contributed by atoms with van der Waals surface area (Å²) >= 11 is 6.16. The van der Waals surface area contributed by atoms with Crippen molar-refractivity contribution in [3.05, 3.63) is 41.3 Å². The molecule has 6 heteroatoms. The minimum atomic E-state index is -1.17. The second-order valence-electron chi connectivity index (χ2n) is 4.68. The van der Waals surface area contributed by atoms with Gasteiger partial charge in [0.2, 0.25) is 5.76 Å². The van der Waals surface area contributed by atoms with Crippen LogP contribution in [0.3, 0.4) is 0 Å². The molecule has 0 fully saturated rings. The van der Waals surface area contributed by atoms with Gasteiger partial charge in [0.25, 0.3) is 5.18 Å². The van der Waals surface area contributed by atoms with Crippen LogP contribution < -0.4 is 10.1 Å². The topological polar surface area (TPSA) is 67.8 Å². The van der Waals surface area contributed by atoms with Crippen molar-refractivity contribution in [3.8, 4) is 5.75 Å². The molecular weight excluding hydrogens is 294 g/mol. The lowest BCUT2D eigenvalue weighted by atomic mass is 10.1. The zero-order valence-corrected chi connectivity index (χ0v) is 12.7. The summed E-state index contributed by atoms with van der Waals surface area (Å²) in [5.74, 6) is -0.468. The van der Waals surface area contributed by atoms with E-state index >= 15 is 0 Å². The van der Waals surface area contributed by atoms with Crippen LogP contribution in [-0.4, -0.2) is 22.9 Å². The molecule has 1 atom stereocenters. The number of hydrogen-bond acceptors (Lipinski definition) is 4. The SMILES string of the molecule is CCOc1ccc(CC2=C(C(=O)O)OC(Cl)(CC)N2)cc1. The van der Waals surface area contributed by atoms with Crippen LogP contribution in [0.15, 0.2) is 35.7 Å². The highest BCUT2D eigenvalue weighted by molar-refractivity contribution is 6.23. The van der Waals surface area contributed by atoms with E-state index in [0.29, 0.717) is 25.1 Å². The van der Waals surface area contributed by atoms with Gasteiger partial charge in [-0.25, -0.2) is 4.79 Å². The largest absolute Gasteiger partial charge is 0.494 e. The molecule has 1 unspecified atom stereocenters. The number of carboxylic acid groups (broad SMARTS) is 1. The molecule has 0 bridgehead atoms. The third kappa shape index (κ3) is 3.61. The molecular formula is C15H18ClNO4. The van der Waals surface area contributed by atoms with E-state index in [0.717, 1.165) is 11.3 Å². The second-order valence-corrected chi connectivity index (χ2v) is 5.29. The van der Waals surface area contributed by atoms with Crippen LogP contribution >= 0.6 is 11.6 Å². The highest BCUT2D eigenvalue weighted by Crippen LogP contribution is 2.32. The van der Waals surface area contributed by atoms with Crippen molar-refractivity contribution in [3.63, 3.8) is 0 Å². The Kier molecular flexibility index (Phi) is 4.63. The maximum absolute atomic E-state index is 11.2. The second kappa shape index (κ2) is 6.26. The molecule has 0 saturated carbocycles. The van der Waals surface area contributed by atoms with Crippen molar-refractivity contribution in [1.82, 2.24) is 5.32 Å². The van der Waals surface area contributed by atoms with Crippen molar-refractivity contribution in [1.29, 1.82) is 0 Å². The van der Waals surface area contributed by atoms with E-state index in [2.05, 4.69) is 5.32 Å². The van der Waals surface area contributed by atoms with E-state index in [-0.39, 0.29) is 5.76 Å². The lowest BCUT2D eigenvalue weighted by Gasteiger charge is -2.20. The Morgan fingerprint density at radius 2 is 2.05 bits per heavy atom. The van der Waals surface area contributed by atoms with Crippen molar-refractivity contribution in [2.24, 2.45) is 0 Å². The fraction of sp³-hybridized carbons (Fsp3) is 0.400. The summed E-state index contributed by atoms with van der Waals surface area (Å²) in [4.78, 5) is 11.2. The van der Waals surface area contributed by atoms with E-state index in [4.69, 9.17) is 21.1 Å². The Balaban J connectivity index is 2.16. The molecule has 0 radical (unpaired) electrons. The van der Waals surface area contributed by atoms with E-state index in [9.17, 15) is 9.90 Å². The molecule has 0 saturated heterocycles. The molecule has 5 nitrogen and oxygen atoms in total. The van der Waals surface area contributed by atoms with Gasteiger partial charge in [0.1, 0.15) is 5.75 Å². The Labute approximate surface area is 128 Å². The first kappa shape index (κ1) is 15.5. The quantitative estimate of drug-likeness (QED) is 0.624. The lowest BCUT2D eigenvalue weighted by molar-refractivity contribution is -0.137. The standard InChI is InChI=1S/C15H18ClNO4/c1-3-15(16)17-12(13(21-15)14(18)19)9-10-5-7-11(8-6-10)20-4-2/h5-8,17H,3-4,9H2,1-2H3,(H,18,19). The van der Waals surface area contributed by atoms with Gasteiger partial charge in [0, 0.05) is 12.8 Å². The highest BCUT2D eigenvalue weighted by atomic mass is 35.5. The van der Waals surface area contributed by atoms with E-state index in [1.165, 1.54) is 0 Å². The number of nitrogens with one attached hydrogen (secondary N) is 1. The fourth-order valence-corrected chi connectivity index (χ4v) is 2.25. The molecule has 1 aromatic carbocycles. The van der Waals surface area contributed by atoms with Gasteiger partial charge in [-0.3, -0.25) is 0 Å². The fourth-order valence-electron chi connectivity index (χ4n) is 2.06. The number of alkyl halides is 1. The number of ether oxygens (including phenoxy) is 2. The number of hydrogen-bond donors (Lipinski definition) is 2. The minimum Gasteiger partial charge on any atom is -0.494 e. The van der Waals surface area contributed by atoms with Crippen LogP contribution in [0.1, 0.15) is 25.8 Å². The molecule has 0 aliphatic carbocycles. The van der Waals surface area contributed by atoms with Crippen molar-refractivity contribution >= 4 is 17.6 Å². The van der Waals surface area contributed by atoms with Crippen molar-refractivity contribution in [2.75, 3.05) is 6.61 Å². The van der Waals surface area contributed by atoms with Gasteiger partial charge in [-0.15, -0.1) is 0 Å². The average molecular weight is 312 g/mol. The number of rotatable bonds is 6. The molecule has 1 aromatic rings. The van der Waals surface area contributed by atoms with Crippen LogP contribution in [0, 0.1) is 0 Å². The summed E-state index contributed by atoms with van der Waals surface area (Å²) in [6.45, 7) is 4.34. The highest BCUT2D eigenvalue weighted by Gasteiger charge is 2.39. The van der Waals surface area contributed by atoms with Gasteiger partial charge < -0.3 is 19.9 Å². The summed E-state index contributed by atoms with van der Waals surface area (Å²) < 4.78 is 10.7. The molecule has 2 N–H and O–H groups in total. The predicted octanol–water partition coefficient (Wildman–Crippen LogP) is 2.85. The first-order valence-electron chi connectivity index (χ1n) is 6.81. The summed E-state index contributed by atoms with van der Waals surface area (Å²) in [5, 5.41) is 11.0. The van der Waals surface area contributed by atoms with Gasteiger partial charge >= 0.3 is 5.97 Å². The first-order valence-corrected chi connectivity index (χ1v) is 7.19. The predicted molar refractivity (Wildman–Crippen MR) is 79.1 cm³/mol. The molecule has 114 valence electrons. The maximum Gasteiger partial charge on any atom is 0.373 e. The van der Waals surface area contributed by atoms with Gasteiger partial charge in [-0.1, -0.05) is 30.7 Å². The van der Waals surface area contributed by atoms with Crippen LogP contribution in [0.5, 0.6) is 5.75 Å². The smallest absolute Gasteiger partial charge is 0.373 e. The zero-order chi connectivity index (χ0) is 15.5. The van der Waals surface area contributed by atoms with Crippen LogP contribution in [-0.2, 0) is 16.0 Å². The van der Waals surface area contributed by atoms with E-state index in [1.54, 1.807) is 0 Å². The minimum absolute atomic E-state index is 0.124. The third-order valence-corrected chi connectivity index (χ3v) is 3.58. The average Bonchev–Trinajstić information content (AvgIpc) is 2.79. The number of carbonyl (C=O) groups is 1. The Morgan fingerprint density at radius 1 is 1.38 bits per heavy atom. The normalized spacial score (nSPS) is 20.9. The monoisotopic (exact) mass is 311 g/mol. The summed E-state index contributed by atoms with van der Waals surface area (Å²) in [5.41, 5.74) is 1.42. The Hall–Kier alpha value is -1.88. The van der Waals surface area contributed by atoms with E-state index < -0.39 is 11.2 Å². The van der Waals surface area contributed by atoms with Crippen LogP contribution in [0.2, 0.25) is 0 Å². The van der Waals surface area contributed by atoms with Crippen LogP contribution in [0.4, 0.5) is 0 Å². The first-order chi connectivity index (χ1) is 9.97. The lowest BCUT2D eigenvalue weighted by Crippen LogP contribution is -2.35. The Morgan fingerprint density at radius 3 is 2.57 bits per heavy atom. The summed E-state index contributed by atoms with van der Waals surface area (Å²) in [6.07, 6.45) is 0.848. The molecule has 1 aliphatic heterocycles. The molecule has 0 aromatic heterocycles. The molecule has 0 spiro atoms. The van der Waals surface area contributed by atoms with Crippen molar-refractivity contribution in [2.45, 2.75) is 31.9 Å². The summed E-state index contributed by atoms with van der Waals surface area (Å²) in [7, 11) is 0. The molecule has 2 rings (SSSR count). The van der Waals surface area contributed by atoms with Gasteiger partial charge in [0.15, 0.2) is 0 Å². The van der Waals surface area contributed by atoms with Gasteiger partial charge in [-0.05, 0) is 24.6 Å². The van der Waals surface area contributed by atoms with Crippen LogP contribution in [0.25, 0.3) is 0 Å². The third-order valence-electron chi connectivity index (χ3n) is 3.14.